The Morgan fingerprint density at radius 3 is 2.85 bits per heavy atom. The van der Waals surface area contributed by atoms with Crippen molar-refractivity contribution >= 4 is 5.91 Å². The molecular weight excluding hydrogens is 342 g/mol. The van der Waals surface area contributed by atoms with E-state index in [-0.39, 0.29) is 11.3 Å². The van der Waals surface area contributed by atoms with Crippen molar-refractivity contribution in [1.29, 1.82) is 0 Å². The fourth-order valence-electron chi connectivity index (χ4n) is 5.24. The lowest BCUT2D eigenvalue weighted by Gasteiger charge is -2.38. The summed E-state index contributed by atoms with van der Waals surface area (Å²) in [5.41, 5.74) is 3.24. The van der Waals surface area contributed by atoms with Crippen LogP contribution < -0.4 is 10.6 Å². The van der Waals surface area contributed by atoms with E-state index in [0.717, 1.165) is 68.5 Å². The SMILES string of the molecule is O=C(N[C@H]1c2ccccc2C2(CCNCC2)[C@@H]1O)c1noc2c1CCCC2. The monoisotopic (exact) mass is 367 g/mol. The average molecular weight is 367 g/mol. The van der Waals surface area contributed by atoms with Gasteiger partial charge in [-0.1, -0.05) is 29.4 Å². The summed E-state index contributed by atoms with van der Waals surface area (Å²) < 4.78 is 5.40. The molecule has 5 rings (SSSR count). The summed E-state index contributed by atoms with van der Waals surface area (Å²) in [5.74, 6) is 0.598. The van der Waals surface area contributed by atoms with Gasteiger partial charge >= 0.3 is 0 Å². The number of nitrogens with zero attached hydrogens (tertiary/aromatic N) is 1. The first-order valence-electron chi connectivity index (χ1n) is 9.97. The Hall–Kier alpha value is -2.18. The van der Waals surface area contributed by atoms with Crippen molar-refractivity contribution in [2.24, 2.45) is 0 Å². The van der Waals surface area contributed by atoms with Crippen LogP contribution in [0.5, 0.6) is 0 Å². The molecule has 1 spiro atoms. The van der Waals surface area contributed by atoms with Crippen LogP contribution in [0.4, 0.5) is 0 Å². The minimum atomic E-state index is -0.635. The van der Waals surface area contributed by atoms with Crippen molar-refractivity contribution in [3.8, 4) is 0 Å². The highest BCUT2D eigenvalue weighted by Crippen LogP contribution is 2.50. The Morgan fingerprint density at radius 1 is 1.22 bits per heavy atom. The highest BCUT2D eigenvalue weighted by atomic mass is 16.5. The van der Waals surface area contributed by atoms with Crippen LogP contribution in [0.1, 0.15) is 64.7 Å². The number of aliphatic hydroxyl groups is 1. The first-order valence-corrected chi connectivity index (χ1v) is 9.97. The molecule has 2 atom stereocenters. The lowest BCUT2D eigenvalue weighted by molar-refractivity contribution is 0.0416. The Bertz CT molecular complexity index is 869. The summed E-state index contributed by atoms with van der Waals surface area (Å²) in [6.07, 6.45) is 4.92. The molecule has 1 fully saturated rings. The largest absolute Gasteiger partial charge is 0.390 e. The number of amides is 1. The summed E-state index contributed by atoms with van der Waals surface area (Å²) >= 11 is 0. The van der Waals surface area contributed by atoms with E-state index in [4.69, 9.17) is 4.52 Å². The van der Waals surface area contributed by atoms with Crippen LogP contribution in [0.2, 0.25) is 0 Å². The normalized spacial score (nSPS) is 25.8. The van der Waals surface area contributed by atoms with Gasteiger partial charge in [-0.2, -0.15) is 0 Å². The Labute approximate surface area is 158 Å². The van der Waals surface area contributed by atoms with E-state index < -0.39 is 12.1 Å². The van der Waals surface area contributed by atoms with Crippen LogP contribution in [0.25, 0.3) is 0 Å². The number of benzene rings is 1. The Balaban J connectivity index is 1.47. The summed E-state index contributed by atoms with van der Waals surface area (Å²) in [6.45, 7) is 1.76. The molecule has 2 aromatic rings. The number of hydrogen-bond donors (Lipinski definition) is 3. The number of carbonyl (C=O) groups excluding carboxylic acids is 1. The molecule has 0 saturated carbocycles. The second-order valence-corrected chi connectivity index (χ2v) is 8.03. The van der Waals surface area contributed by atoms with Crippen LogP contribution in [0.3, 0.4) is 0 Å². The molecule has 1 saturated heterocycles. The molecule has 0 bridgehead atoms. The predicted octanol–water partition coefficient (Wildman–Crippen LogP) is 2.02. The maximum absolute atomic E-state index is 13.0. The van der Waals surface area contributed by atoms with E-state index in [1.165, 1.54) is 5.56 Å². The second kappa shape index (κ2) is 6.46. The van der Waals surface area contributed by atoms with Crippen LogP contribution in [0.15, 0.2) is 28.8 Å². The van der Waals surface area contributed by atoms with Crippen LogP contribution in [-0.2, 0) is 18.3 Å². The lowest BCUT2D eigenvalue weighted by Crippen LogP contribution is -2.48. The third-order valence-corrected chi connectivity index (χ3v) is 6.66. The quantitative estimate of drug-likeness (QED) is 0.756. The molecule has 27 heavy (non-hydrogen) atoms. The van der Waals surface area contributed by atoms with Crippen LogP contribution in [-0.4, -0.2) is 35.4 Å². The van der Waals surface area contributed by atoms with E-state index in [1.807, 2.05) is 18.2 Å². The van der Waals surface area contributed by atoms with E-state index in [2.05, 4.69) is 21.9 Å². The maximum atomic E-state index is 13.0. The summed E-state index contributed by atoms with van der Waals surface area (Å²) in [6, 6.07) is 7.71. The average Bonchev–Trinajstić information content (AvgIpc) is 3.24. The molecule has 6 nitrogen and oxygen atoms in total. The van der Waals surface area contributed by atoms with Crippen molar-refractivity contribution in [2.75, 3.05) is 13.1 Å². The lowest BCUT2D eigenvalue weighted by atomic mass is 9.72. The van der Waals surface area contributed by atoms with E-state index >= 15 is 0 Å². The summed E-state index contributed by atoms with van der Waals surface area (Å²) in [5, 5.41) is 21.8. The number of aromatic nitrogens is 1. The zero-order valence-corrected chi connectivity index (χ0v) is 15.3. The minimum absolute atomic E-state index is 0.244. The highest BCUT2D eigenvalue weighted by Gasteiger charge is 2.52. The smallest absolute Gasteiger partial charge is 0.274 e. The maximum Gasteiger partial charge on any atom is 0.274 e. The number of piperidine rings is 1. The molecule has 3 N–H and O–H groups in total. The van der Waals surface area contributed by atoms with Crippen molar-refractivity contribution < 1.29 is 14.4 Å². The molecule has 2 aliphatic carbocycles. The van der Waals surface area contributed by atoms with Gasteiger partial charge < -0.3 is 20.3 Å². The van der Waals surface area contributed by atoms with Gasteiger partial charge in [0.1, 0.15) is 5.76 Å². The van der Waals surface area contributed by atoms with Gasteiger partial charge in [0, 0.05) is 17.4 Å². The number of nitrogens with one attached hydrogen (secondary N) is 2. The molecule has 2 heterocycles. The van der Waals surface area contributed by atoms with E-state index in [0.29, 0.717) is 5.69 Å². The number of aryl methyl sites for hydroxylation is 1. The van der Waals surface area contributed by atoms with Gasteiger partial charge in [-0.15, -0.1) is 0 Å². The number of hydrogen-bond acceptors (Lipinski definition) is 5. The third kappa shape index (κ3) is 2.54. The Kier molecular flexibility index (Phi) is 4.06. The van der Waals surface area contributed by atoms with Crippen molar-refractivity contribution in [1.82, 2.24) is 15.8 Å². The molecule has 1 amide bonds. The van der Waals surface area contributed by atoms with Crippen LogP contribution >= 0.6 is 0 Å². The van der Waals surface area contributed by atoms with Gasteiger partial charge in [0.05, 0.1) is 12.1 Å². The van der Waals surface area contributed by atoms with Gasteiger partial charge in [-0.3, -0.25) is 4.79 Å². The van der Waals surface area contributed by atoms with Gasteiger partial charge in [0.25, 0.3) is 5.91 Å². The molecule has 1 aromatic heterocycles. The topological polar surface area (TPSA) is 87.4 Å². The van der Waals surface area contributed by atoms with Crippen molar-refractivity contribution in [2.45, 2.75) is 56.1 Å². The molecular formula is C21H25N3O3. The predicted molar refractivity (Wildman–Crippen MR) is 99.6 cm³/mol. The summed E-state index contributed by atoms with van der Waals surface area (Å²) in [4.78, 5) is 13.0. The van der Waals surface area contributed by atoms with E-state index in [1.54, 1.807) is 0 Å². The van der Waals surface area contributed by atoms with Gasteiger partial charge in [-0.25, -0.2) is 0 Å². The minimum Gasteiger partial charge on any atom is -0.390 e. The van der Waals surface area contributed by atoms with Gasteiger partial charge in [0.15, 0.2) is 5.69 Å². The molecule has 0 radical (unpaired) electrons. The molecule has 3 aliphatic rings. The van der Waals surface area contributed by atoms with Crippen LogP contribution in [0, 0.1) is 0 Å². The number of fused-ring (bicyclic) bond motifs is 3. The molecule has 1 aliphatic heterocycles. The highest BCUT2D eigenvalue weighted by molar-refractivity contribution is 5.94. The zero-order chi connectivity index (χ0) is 18.4. The van der Waals surface area contributed by atoms with Crippen molar-refractivity contribution in [3.63, 3.8) is 0 Å². The number of aliphatic hydroxyl groups excluding tert-OH is 1. The number of rotatable bonds is 2. The first kappa shape index (κ1) is 17.0. The second-order valence-electron chi connectivity index (χ2n) is 8.03. The molecule has 0 unspecified atom stereocenters. The molecule has 142 valence electrons. The van der Waals surface area contributed by atoms with Gasteiger partial charge in [-0.05, 0) is 56.3 Å². The van der Waals surface area contributed by atoms with Gasteiger partial charge in [0.2, 0.25) is 0 Å². The molecule has 6 heteroatoms. The standard InChI is InChI=1S/C21H25N3O3/c25-19-17(23-20(26)18-14-6-2-4-8-16(14)27-24-18)13-5-1-3-7-15(13)21(19)9-11-22-12-10-21/h1,3,5,7,17,19,22,25H,2,4,6,8-12H2,(H,23,26)/t17-,19+/m0/s1. The zero-order valence-electron chi connectivity index (χ0n) is 15.3. The Morgan fingerprint density at radius 2 is 2.00 bits per heavy atom. The first-order chi connectivity index (χ1) is 13.2. The fraction of sp³-hybridized carbons (Fsp3) is 0.524. The molecule has 1 aromatic carbocycles. The number of carbonyl (C=O) groups is 1. The summed E-state index contributed by atoms with van der Waals surface area (Å²) in [7, 11) is 0. The third-order valence-electron chi connectivity index (χ3n) is 6.66. The van der Waals surface area contributed by atoms with Crippen molar-refractivity contribution in [3.05, 3.63) is 52.4 Å². The van der Waals surface area contributed by atoms with E-state index in [9.17, 15) is 9.90 Å². The fourth-order valence-corrected chi connectivity index (χ4v) is 5.24.